The van der Waals surface area contributed by atoms with E-state index in [9.17, 15) is 0 Å². The van der Waals surface area contributed by atoms with Crippen LogP contribution in [-0.2, 0) is 6.54 Å². The lowest BCUT2D eigenvalue weighted by Gasteiger charge is -2.09. The molecule has 3 heteroatoms. The fraction of sp³-hybridized carbons (Fsp3) is 0.400. The summed E-state index contributed by atoms with van der Waals surface area (Å²) >= 11 is 0. The number of hydrogen-bond acceptors (Lipinski definition) is 2. The average molecular weight is 243 g/mol. The van der Waals surface area contributed by atoms with Crippen LogP contribution in [-0.4, -0.2) is 16.1 Å². The quantitative estimate of drug-likeness (QED) is 0.830. The van der Waals surface area contributed by atoms with Gasteiger partial charge < -0.3 is 9.88 Å². The van der Waals surface area contributed by atoms with Crippen LogP contribution in [0.1, 0.15) is 25.0 Å². The largest absolute Gasteiger partial charge is 0.356 e. The van der Waals surface area contributed by atoms with Gasteiger partial charge in [-0.2, -0.15) is 0 Å². The van der Waals surface area contributed by atoms with Crippen molar-refractivity contribution in [2.75, 3.05) is 11.9 Å². The van der Waals surface area contributed by atoms with E-state index >= 15 is 0 Å². The zero-order chi connectivity index (χ0) is 13.3. The van der Waals surface area contributed by atoms with E-state index in [1.807, 2.05) is 6.92 Å². The van der Waals surface area contributed by atoms with Gasteiger partial charge in [-0.25, -0.2) is 4.98 Å². The van der Waals surface area contributed by atoms with Crippen LogP contribution in [0.2, 0.25) is 0 Å². The summed E-state index contributed by atoms with van der Waals surface area (Å²) in [4.78, 5) is 4.67. The Hall–Kier alpha value is -1.77. The molecule has 96 valence electrons. The van der Waals surface area contributed by atoms with Crippen molar-refractivity contribution in [2.45, 2.75) is 34.2 Å². The van der Waals surface area contributed by atoms with E-state index in [1.54, 1.807) is 0 Å². The second kappa shape index (κ2) is 4.84. The maximum absolute atomic E-state index is 4.67. The first-order valence-electron chi connectivity index (χ1n) is 6.38. The van der Waals surface area contributed by atoms with Crippen molar-refractivity contribution in [2.24, 2.45) is 0 Å². The van der Waals surface area contributed by atoms with Crippen molar-refractivity contribution in [3.8, 4) is 0 Å². The van der Waals surface area contributed by atoms with E-state index in [0.717, 1.165) is 30.1 Å². The van der Waals surface area contributed by atoms with Crippen molar-refractivity contribution in [1.82, 2.24) is 9.55 Å². The van der Waals surface area contributed by atoms with Gasteiger partial charge in [-0.15, -0.1) is 0 Å². The minimum Gasteiger partial charge on any atom is -0.356 e. The molecule has 2 rings (SSSR count). The molecule has 0 spiro atoms. The van der Waals surface area contributed by atoms with Crippen LogP contribution in [0, 0.1) is 13.8 Å². The summed E-state index contributed by atoms with van der Waals surface area (Å²) in [5.74, 6) is 0.931. The molecule has 0 aliphatic rings. The highest BCUT2D eigenvalue weighted by Crippen LogP contribution is 2.24. The van der Waals surface area contributed by atoms with E-state index in [-0.39, 0.29) is 0 Å². The number of nitrogens with zero attached hydrogens (tertiary/aromatic N) is 2. The zero-order valence-corrected chi connectivity index (χ0v) is 11.7. The molecular weight excluding hydrogens is 222 g/mol. The van der Waals surface area contributed by atoms with Crippen molar-refractivity contribution in [3.05, 3.63) is 35.4 Å². The molecule has 0 saturated heterocycles. The highest BCUT2D eigenvalue weighted by atomic mass is 15.2. The fourth-order valence-corrected chi connectivity index (χ4v) is 2.10. The van der Waals surface area contributed by atoms with Gasteiger partial charge in [-0.1, -0.05) is 12.2 Å². The fourth-order valence-electron chi connectivity index (χ4n) is 2.10. The summed E-state index contributed by atoms with van der Waals surface area (Å²) in [5.41, 5.74) is 5.94. The Morgan fingerprint density at radius 1 is 1.33 bits per heavy atom. The summed E-state index contributed by atoms with van der Waals surface area (Å²) in [7, 11) is 0. The molecule has 3 nitrogen and oxygen atoms in total. The first-order chi connectivity index (χ1) is 8.52. The Balaban J connectivity index is 2.64. The number of hydrogen-bond donors (Lipinski definition) is 1. The Morgan fingerprint density at radius 2 is 2.00 bits per heavy atom. The van der Waals surface area contributed by atoms with Gasteiger partial charge in [0.2, 0.25) is 5.95 Å². The van der Waals surface area contributed by atoms with Gasteiger partial charge in [0.15, 0.2) is 0 Å². The number of imidazole rings is 1. The molecule has 1 heterocycles. The summed E-state index contributed by atoms with van der Waals surface area (Å²) in [6, 6.07) is 4.36. The van der Waals surface area contributed by atoms with Gasteiger partial charge in [-0.05, 0) is 51.0 Å². The Kier molecular flexibility index (Phi) is 3.41. The normalized spacial score (nSPS) is 10.9. The number of nitrogens with one attached hydrogen (secondary N) is 1. The van der Waals surface area contributed by atoms with Crippen LogP contribution in [0.5, 0.6) is 0 Å². The standard InChI is InChI=1S/C15H21N3/c1-6-16-15-17-13-7-11(4)12(5)8-14(13)18(15)9-10(2)3/h7-8H,2,6,9H2,1,3-5H3,(H,16,17). The van der Waals surface area contributed by atoms with Crippen molar-refractivity contribution in [3.63, 3.8) is 0 Å². The van der Waals surface area contributed by atoms with Gasteiger partial charge >= 0.3 is 0 Å². The van der Waals surface area contributed by atoms with Crippen LogP contribution in [0.15, 0.2) is 24.3 Å². The number of benzene rings is 1. The van der Waals surface area contributed by atoms with Gasteiger partial charge in [-0.3, -0.25) is 0 Å². The smallest absolute Gasteiger partial charge is 0.204 e. The zero-order valence-electron chi connectivity index (χ0n) is 11.7. The van der Waals surface area contributed by atoms with Gasteiger partial charge in [0.05, 0.1) is 11.0 Å². The van der Waals surface area contributed by atoms with Crippen molar-refractivity contribution in [1.29, 1.82) is 0 Å². The SMILES string of the molecule is C=C(C)Cn1c(NCC)nc2cc(C)c(C)cc21. The number of aromatic nitrogens is 2. The number of aryl methyl sites for hydroxylation is 2. The molecule has 0 aliphatic carbocycles. The van der Waals surface area contributed by atoms with Crippen LogP contribution in [0.4, 0.5) is 5.95 Å². The third-order valence-electron chi connectivity index (χ3n) is 3.13. The molecule has 1 aromatic heterocycles. The van der Waals surface area contributed by atoms with Crippen LogP contribution >= 0.6 is 0 Å². The molecule has 2 aromatic rings. The van der Waals surface area contributed by atoms with Gasteiger partial charge in [0.1, 0.15) is 0 Å². The molecule has 18 heavy (non-hydrogen) atoms. The van der Waals surface area contributed by atoms with E-state index in [4.69, 9.17) is 0 Å². The summed E-state index contributed by atoms with van der Waals surface area (Å²) in [6.45, 7) is 14.1. The molecule has 0 atom stereocenters. The number of fused-ring (bicyclic) bond motifs is 1. The van der Waals surface area contributed by atoms with E-state index in [0.29, 0.717) is 0 Å². The second-order valence-corrected chi connectivity index (χ2v) is 4.93. The maximum Gasteiger partial charge on any atom is 0.204 e. The highest BCUT2D eigenvalue weighted by Gasteiger charge is 2.11. The molecule has 0 amide bonds. The minimum absolute atomic E-state index is 0.807. The number of rotatable bonds is 4. The molecule has 1 N–H and O–H groups in total. The Labute approximate surface area is 109 Å². The maximum atomic E-state index is 4.67. The van der Waals surface area contributed by atoms with Crippen LogP contribution in [0.3, 0.4) is 0 Å². The minimum atomic E-state index is 0.807. The lowest BCUT2D eigenvalue weighted by atomic mass is 10.1. The molecule has 0 aliphatic heterocycles. The van der Waals surface area contributed by atoms with Crippen LogP contribution in [0.25, 0.3) is 11.0 Å². The van der Waals surface area contributed by atoms with Crippen molar-refractivity contribution >= 4 is 17.0 Å². The first kappa shape index (κ1) is 12.7. The first-order valence-corrected chi connectivity index (χ1v) is 6.38. The number of allylic oxidation sites excluding steroid dienone is 1. The Bertz CT molecular complexity index is 593. The lowest BCUT2D eigenvalue weighted by Crippen LogP contribution is -2.07. The molecule has 0 bridgehead atoms. The summed E-state index contributed by atoms with van der Waals surface area (Å²) in [5, 5.41) is 3.32. The third kappa shape index (κ3) is 2.26. The second-order valence-electron chi connectivity index (χ2n) is 4.93. The molecule has 0 radical (unpaired) electrons. The summed E-state index contributed by atoms with van der Waals surface area (Å²) in [6.07, 6.45) is 0. The molecule has 1 aromatic carbocycles. The molecule has 0 unspecified atom stereocenters. The third-order valence-corrected chi connectivity index (χ3v) is 3.13. The topological polar surface area (TPSA) is 29.9 Å². The van der Waals surface area contributed by atoms with Gasteiger partial charge in [0, 0.05) is 13.1 Å². The predicted octanol–water partition coefficient (Wildman–Crippen LogP) is 3.66. The van der Waals surface area contributed by atoms with E-state index < -0.39 is 0 Å². The molecule has 0 fully saturated rings. The Morgan fingerprint density at radius 3 is 2.61 bits per heavy atom. The van der Waals surface area contributed by atoms with E-state index in [1.165, 1.54) is 16.6 Å². The molecular formula is C15H21N3. The number of anilines is 1. The summed E-state index contributed by atoms with van der Waals surface area (Å²) < 4.78 is 2.20. The van der Waals surface area contributed by atoms with E-state index in [2.05, 4.69) is 54.4 Å². The van der Waals surface area contributed by atoms with Crippen molar-refractivity contribution < 1.29 is 0 Å². The van der Waals surface area contributed by atoms with Gasteiger partial charge in [0.25, 0.3) is 0 Å². The lowest BCUT2D eigenvalue weighted by molar-refractivity contribution is 0.812. The monoisotopic (exact) mass is 243 g/mol. The average Bonchev–Trinajstić information content (AvgIpc) is 2.58. The highest BCUT2D eigenvalue weighted by molar-refractivity contribution is 5.80. The van der Waals surface area contributed by atoms with Crippen LogP contribution < -0.4 is 5.32 Å². The predicted molar refractivity (Wildman–Crippen MR) is 78.2 cm³/mol. The molecule has 0 saturated carbocycles.